The largest absolute Gasteiger partial charge is 0.504 e. The van der Waals surface area contributed by atoms with Crippen LogP contribution < -0.4 is 10.1 Å². The van der Waals surface area contributed by atoms with Crippen molar-refractivity contribution in [1.82, 2.24) is 10.2 Å². The molecule has 6 nitrogen and oxygen atoms in total. The lowest BCUT2D eigenvalue weighted by Crippen LogP contribution is -2.41. The van der Waals surface area contributed by atoms with E-state index >= 15 is 0 Å². The summed E-state index contributed by atoms with van der Waals surface area (Å²) < 4.78 is 10.3. The van der Waals surface area contributed by atoms with Gasteiger partial charge in [0.1, 0.15) is 0 Å². The lowest BCUT2D eigenvalue weighted by atomic mass is 10.2. The van der Waals surface area contributed by atoms with Gasteiger partial charge in [0.25, 0.3) is 0 Å². The highest BCUT2D eigenvalue weighted by molar-refractivity contribution is 5.76. The summed E-state index contributed by atoms with van der Waals surface area (Å²) in [5.74, 6) is 0.742. The summed E-state index contributed by atoms with van der Waals surface area (Å²) in [6, 6.07) is 5.36. The van der Waals surface area contributed by atoms with Crippen LogP contribution in [0.2, 0.25) is 0 Å². The molecule has 1 heterocycles. The molecule has 1 aliphatic heterocycles. The Bertz CT molecular complexity index is 473. The van der Waals surface area contributed by atoms with Gasteiger partial charge in [-0.1, -0.05) is 12.1 Å². The first-order chi connectivity index (χ1) is 10.2. The first-order valence-electron chi connectivity index (χ1n) is 7.13. The number of ether oxygens (including phenoxy) is 2. The number of phenols is 1. The molecule has 2 rings (SSSR count). The second kappa shape index (κ2) is 7.85. The number of carbonyl (C=O) groups excluding carboxylic acids is 1. The number of aromatic hydroxyl groups is 1. The van der Waals surface area contributed by atoms with Gasteiger partial charge in [-0.15, -0.1) is 0 Å². The first kappa shape index (κ1) is 15.6. The number of rotatable bonds is 6. The molecule has 1 aromatic rings. The molecule has 0 unspecified atom stereocenters. The number of nitrogens with zero attached hydrogens (tertiary/aromatic N) is 1. The van der Waals surface area contributed by atoms with Crippen molar-refractivity contribution in [1.29, 1.82) is 0 Å². The standard InChI is InChI=1S/C15H22N2O4/c1-20-13-4-2-3-12(15(13)19)11-16-6-5-14(18)17-7-9-21-10-8-17/h2-4,16,19H,5-11H2,1H3. The van der Waals surface area contributed by atoms with Crippen LogP contribution in [0.1, 0.15) is 12.0 Å². The number of phenolic OH excluding ortho intramolecular Hbond substituents is 1. The van der Waals surface area contributed by atoms with Gasteiger partial charge in [-0.05, 0) is 6.07 Å². The SMILES string of the molecule is COc1cccc(CNCCC(=O)N2CCOCC2)c1O. The van der Waals surface area contributed by atoms with Crippen LogP contribution in [0.3, 0.4) is 0 Å². The molecule has 0 saturated carbocycles. The van der Waals surface area contributed by atoms with Gasteiger partial charge in [0, 0.05) is 38.2 Å². The maximum atomic E-state index is 11.9. The van der Waals surface area contributed by atoms with E-state index in [9.17, 15) is 9.90 Å². The van der Waals surface area contributed by atoms with Crippen LogP contribution in [0.5, 0.6) is 11.5 Å². The molecule has 0 bridgehead atoms. The monoisotopic (exact) mass is 294 g/mol. The quantitative estimate of drug-likeness (QED) is 0.757. The Balaban J connectivity index is 1.73. The Hall–Kier alpha value is -1.79. The third kappa shape index (κ3) is 4.34. The van der Waals surface area contributed by atoms with Crippen LogP contribution in [0.4, 0.5) is 0 Å². The Morgan fingerprint density at radius 1 is 1.43 bits per heavy atom. The fraction of sp³-hybridized carbons (Fsp3) is 0.533. The van der Waals surface area contributed by atoms with E-state index in [1.807, 2.05) is 17.0 Å². The normalized spacial score (nSPS) is 15.0. The number of benzene rings is 1. The van der Waals surface area contributed by atoms with Gasteiger partial charge in [-0.25, -0.2) is 0 Å². The molecule has 0 atom stereocenters. The van der Waals surface area contributed by atoms with E-state index < -0.39 is 0 Å². The van der Waals surface area contributed by atoms with E-state index in [0.29, 0.717) is 51.6 Å². The van der Waals surface area contributed by atoms with Crippen molar-refractivity contribution >= 4 is 5.91 Å². The average molecular weight is 294 g/mol. The first-order valence-corrected chi connectivity index (χ1v) is 7.13. The molecular weight excluding hydrogens is 272 g/mol. The predicted molar refractivity (Wildman–Crippen MR) is 78.4 cm³/mol. The fourth-order valence-corrected chi connectivity index (χ4v) is 2.26. The maximum absolute atomic E-state index is 11.9. The van der Waals surface area contributed by atoms with Gasteiger partial charge in [-0.2, -0.15) is 0 Å². The second-order valence-electron chi connectivity index (χ2n) is 4.89. The molecule has 116 valence electrons. The molecule has 0 radical (unpaired) electrons. The highest BCUT2D eigenvalue weighted by Crippen LogP contribution is 2.28. The number of carbonyl (C=O) groups is 1. The molecule has 21 heavy (non-hydrogen) atoms. The molecular formula is C15H22N2O4. The minimum absolute atomic E-state index is 0.140. The molecule has 0 spiro atoms. The Morgan fingerprint density at radius 3 is 2.90 bits per heavy atom. The van der Waals surface area contributed by atoms with Crippen molar-refractivity contribution in [2.75, 3.05) is 40.0 Å². The van der Waals surface area contributed by atoms with Crippen LogP contribution in [0, 0.1) is 0 Å². The Morgan fingerprint density at radius 2 is 2.19 bits per heavy atom. The van der Waals surface area contributed by atoms with E-state index in [-0.39, 0.29) is 11.7 Å². The van der Waals surface area contributed by atoms with Crippen LogP contribution >= 0.6 is 0 Å². The van der Waals surface area contributed by atoms with E-state index in [4.69, 9.17) is 9.47 Å². The Labute approximate surface area is 124 Å². The molecule has 1 amide bonds. The highest BCUT2D eigenvalue weighted by Gasteiger charge is 2.16. The van der Waals surface area contributed by atoms with Gasteiger partial charge < -0.3 is 24.8 Å². The predicted octanol–water partition coefficient (Wildman–Crippen LogP) is 0.739. The summed E-state index contributed by atoms with van der Waals surface area (Å²) in [6.45, 7) is 3.67. The zero-order valence-corrected chi connectivity index (χ0v) is 12.3. The molecule has 1 saturated heterocycles. The summed E-state index contributed by atoms with van der Waals surface area (Å²) in [5, 5.41) is 13.1. The number of morpholine rings is 1. The Kier molecular flexibility index (Phi) is 5.83. The van der Waals surface area contributed by atoms with Crippen LogP contribution in [0.25, 0.3) is 0 Å². The van der Waals surface area contributed by atoms with Crippen molar-refractivity contribution in [2.24, 2.45) is 0 Å². The molecule has 2 N–H and O–H groups in total. The van der Waals surface area contributed by atoms with Crippen molar-refractivity contribution < 1.29 is 19.4 Å². The number of para-hydroxylation sites is 1. The van der Waals surface area contributed by atoms with E-state index in [0.717, 1.165) is 5.56 Å². The van der Waals surface area contributed by atoms with E-state index in [1.54, 1.807) is 6.07 Å². The lowest BCUT2D eigenvalue weighted by Gasteiger charge is -2.26. The molecule has 1 aliphatic rings. The van der Waals surface area contributed by atoms with E-state index in [1.165, 1.54) is 7.11 Å². The number of amides is 1. The third-order valence-electron chi connectivity index (χ3n) is 3.50. The third-order valence-corrected chi connectivity index (χ3v) is 3.50. The minimum atomic E-state index is 0.140. The summed E-state index contributed by atoms with van der Waals surface area (Å²) in [5.41, 5.74) is 0.758. The number of hydrogen-bond donors (Lipinski definition) is 2. The minimum Gasteiger partial charge on any atom is -0.504 e. The van der Waals surface area contributed by atoms with Crippen molar-refractivity contribution in [3.63, 3.8) is 0 Å². The van der Waals surface area contributed by atoms with E-state index in [2.05, 4.69) is 5.32 Å². The topological polar surface area (TPSA) is 71.0 Å². The smallest absolute Gasteiger partial charge is 0.224 e. The molecule has 6 heteroatoms. The van der Waals surface area contributed by atoms with Crippen molar-refractivity contribution in [3.05, 3.63) is 23.8 Å². The number of hydrogen-bond acceptors (Lipinski definition) is 5. The summed E-state index contributed by atoms with van der Waals surface area (Å²) in [4.78, 5) is 13.8. The van der Waals surface area contributed by atoms with Gasteiger partial charge in [-0.3, -0.25) is 4.79 Å². The van der Waals surface area contributed by atoms with Crippen LogP contribution in [-0.4, -0.2) is 55.9 Å². The molecule has 0 aromatic heterocycles. The van der Waals surface area contributed by atoms with Gasteiger partial charge >= 0.3 is 0 Å². The summed E-state index contributed by atoms with van der Waals surface area (Å²) in [7, 11) is 1.52. The average Bonchev–Trinajstić information content (AvgIpc) is 2.53. The summed E-state index contributed by atoms with van der Waals surface area (Å²) in [6.07, 6.45) is 0.449. The second-order valence-corrected chi connectivity index (χ2v) is 4.89. The molecule has 0 aliphatic carbocycles. The van der Waals surface area contributed by atoms with Gasteiger partial charge in [0.05, 0.1) is 20.3 Å². The summed E-state index contributed by atoms with van der Waals surface area (Å²) >= 11 is 0. The fourth-order valence-electron chi connectivity index (χ4n) is 2.26. The van der Waals surface area contributed by atoms with Gasteiger partial charge in [0.2, 0.25) is 5.91 Å². The van der Waals surface area contributed by atoms with Crippen LogP contribution in [0.15, 0.2) is 18.2 Å². The van der Waals surface area contributed by atoms with Crippen molar-refractivity contribution in [3.8, 4) is 11.5 Å². The van der Waals surface area contributed by atoms with Crippen molar-refractivity contribution in [2.45, 2.75) is 13.0 Å². The number of methoxy groups -OCH3 is 1. The van der Waals surface area contributed by atoms with Gasteiger partial charge in [0.15, 0.2) is 11.5 Å². The molecule has 1 aromatic carbocycles. The zero-order valence-electron chi connectivity index (χ0n) is 12.3. The van der Waals surface area contributed by atoms with Crippen LogP contribution in [-0.2, 0) is 16.1 Å². The molecule has 1 fully saturated rings. The highest BCUT2D eigenvalue weighted by atomic mass is 16.5. The zero-order chi connectivity index (χ0) is 15.1. The lowest BCUT2D eigenvalue weighted by molar-refractivity contribution is -0.135. The number of nitrogens with one attached hydrogen (secondary N) is 1. The maximum Gasteiger partial charge on any atom is 0.224 e.